The van der Waals surface area contributed by atoms with Crippen LogP contribution in [0.1, 0.15) is 28.8 Å². The van der Waals surface area contributed by atoms with Gasteiger partial charge in [0.2, 0.25) is 0 Å². The van der Waals surface area contributed by atoms with Crippen molar-refractivity contribution in [3.8, 4) is 0 Å². The van der Waals surface area contributed by atoms with Gasteiger partial charge in [-0.15, -0.1) is 0 Å². The van der Waals surface area contributed by atoms with Crippen LogP contribution in [0.4, 0.5) is 0 Å². The molecule has 3 aliphatic rings. The van der Waals surface area contributed by atoms with Crippen LogP contribution in [0.15, 0.2) is 54.6 Å². The van der Waals surface area contributed by atoms with E-state index in [0.29, 0.717) is 6.61 Å². The summed E-state index contributed by atoms with van der Waals surface area (Å²) in [6, 6.07) is 18.1. The molecule has 0 N–H and O–H groups in total. The second-order valence-electron chi connectivity index (χ2n) is 6.45. The van der Waals surface area contributed by atoms with Crippen LogP contribution >= 0.6 is 0 Å². The average Bonchev–Trinajstić information content (AvgIpc) is 3.12. The van der Waals surface area contributed by atoms with Crippen molar-refractivity contribution in [3.63, 3.8) is 0 Å². The van der Waals surface area contributed by atoms with E-state index < -0.39 is 0 Å². The molecule has 0 unspecified atom stereocenters. The number of hydrogen-bond donors (Lipinski definition) is 0. The molecule has 4 heteroatoms. The molecule has 4 nitrogen and oxygen atoms in total. The van der Waals surface area contributed by atoms with Gasteiger partial charge in [0.1, 0.15) is 18.8 Å². The zero-order valence-corrected chi connectivity index (χ0v) is 12.6. The van der Waals surface area contributed by atoms with E-state index in [2.05, 4.69) is 24.3 Å². The predicted molar refractivity (Wildman–Crippen MR) is 83.2 cm³/mol. The predicted octanol–water partition coefficient (Wildman–Crippen LogP) is 2.81. The number of rotatable bonds is 1. The molecular weight excluding hydrogens is 290 g/mol. The van der Waals surface area contributed by atoms with Crippen LogP contribution in [0, 0.1) is 5.92 Å². The minimum Gasteiger partial charge on any atom is -0.462 e. The summed E-state index contributed by atoms with van der Waals surface area (Å²) >= 11 is 0. The van der Waals surface area contributed by atoms with Gasteiger partial charge in [-0.3, -0.25) is 9.63 Å². The fourth-order valence-electron chi connectivity index (χ4n) is 4.17. The first kappa shape index (κ1) is 13.3. The lowest BCUT2D eigenvalue weighted by Crippen LogP contribution is -2.48. The highest BCUT2D eigenvalue weighted by atomic mass is 16.7. The number of carbonyl (C=O) groups excluding carboxylic acids is 1. The summed E-state index contributed by atoms with van der Waals surface area (Å²) in [6.07, 6.45) is 0.839. The average molecular weight is 307 g/mol. The number of cyclic esters (lactones) is 1. The number of hydrogen-bond acceptors (Lipinski definition) is 4. The van der Waals surface area contributed by atoms with E-state index in [1.165, 1.54) is 11.1 Å². The first-order valence-corrected chi connectivity index (χ1v) is 8.07. The van der Waals surface area contributed by atoms with Crippen molar-refractivity contribution in [1.82, 2.24) is 5.06 Å². The maximum absolute atomic E-state index is 12.4. The van der Waals surface area contributed by atoms with Crippen molar-refractivity contribution < 1.29 is 14.4 Å². The van der Waals surface area contributed by atoms with Gasteiger partial charge in [-0.05, 0) is 23.1 Å². The number of nitrogens with zero attached hydrogens (tertiary/aromatic N) is 1. The van der Waals surface area contributed by atoms with Crippen LogP contribution in [0.5, 0.6) is 0 Å². The number of ether oxygens (including phenoxy) is 1. The van der Waals surface area contributed by atoms with E-state index in [0.717, 1.165) is 12.0 Å². The van der Waals surface area contributed by atoms with Gasteiger partial charge < -0.3 is 4.74 Å². The van der Waals surface area contributed by atoms with Crippen LogP contribution in [0.2, 0.25) is 0 Å². The third kappa shape index (κ3) is 1.89. The normalized spacial score (nSPS) is 32.1. The number of hydroxylamine groups is 2. The van der Waals surface area contributed by atoms with Gasteiger partial charge in [0.25, 0.3) is 0 Å². The summed E-state index contributed by atoms with van der Waals surface area (Å²) in [5, 5.41) is 1.90. The van der Waals surface area contributed by atoms with Crippen molar-refractivity contribution in [2.24, 2.45) is 5.92 Å². The molecule has 116 valence electrons. The number of morpholine rings is 1. The largest absolute Gasteiger partial charge is 0.462 e. The summed E-state index contributed by atoms with van der Waals surface area (Å²) in [6.45, 7) is 0.348. The Morgan fingerprint density at radius 3 is 2.65 bits per heavy atom. The maximum atomic E-state index is 12.4. The lowest BCUT2D eigenvalue weighted by molar-refractivity contribution is -0.228. The summed E-state index contributed by atoms with van der Waals surface area (Å²) < 4.78 is 5.51. The molecule has 1 aliphatic carbocycles. The van der Waals surface area contributed by atoms with Gasteiger partial charge in [0.05, 0.1) is 6.04 Å². The number of fused-ring (bicyclic) bond motifs is 5. The maximum Gasteiger partial charge on any atom is 0.326 e. The minimum atomic E-state index is -0.314. The molecular formula is C19H17NO3. The highest BCUT2D eigenvalue weighted by Gasteiger charge is 2.56. The topological polar surface area (TPSA) is 38.8 Å². The van der Waals surface area contributed by atoms with Crippen molar-refractivity contribution in [2.45, 2.75) is 24.6 Å². The Hall–Kier alpha value is -2.17. The van der Waals surface area contributed by atoms with Crippen LogP contribution in [-0.2, 0) is 20.8 Å². The molecule has 2 aromatic carbocycles. The second-order valence-corrected chi connectivity index (χ2v) is 6.45. The zero-order chi connectivity index (χ0) is 15.4. The summed E-state index contributed by atoms with van der Waals surface area (Å²) in [7, 11) is 0. The van der Waals surface area contributed by atoms with Gasteiger partial charge in [-0.25, -0.2) is 0 Å². The van der Waals surface area contributed by atoms with E-state index >= 15 is 0 Å². The molecule has 2 aromatic rings. The monoisotopic (exact) mass is 307 g/mol. The number of carbonyl (C=O) groups is 1. The minimum absolute atomic E-state index is 0.0309. The molecule has 2 heterocycles. The molecule has 0 aromatic heterocycles. The Balaban J connectivity index is 1.53. The van der Waals surface area contributed by atoms with Gasteiger partial charge in [-0.1, -0.05) is 54.6 Å². The quantitative estimate of drug-likeness (QED) is 0.760. The van der Waals surface area contributed by atoms with E-state index in [-0.39, 0.29) is 30.1 Å². The van der Waals surface area contributed by atoms with Crippen LogP contribution in [0.3, 0.4) is 0 Å². The third-order valence-corrected chi connectivity index (χ3v) is 5.24. The highest BCUT2D eigenvalue weighted by Crippen LogP contribution is 2.51. The smallest absolute Gasteiger partial charge is 0.326 e. The van der Waals surface area contributed by atoms with E-state index in [1.807, 2.05) is 35.4 Å². The summed E-state index contributed by atoms with van der Waals surface area (Å²) in [5.41, 5.74) is 3.63. The Bertz CT molecular complexity index is 760. The lowest BCUT2D eigenvalue weighted by atomic mass is 9.93. The molecule has 5 rings (SSSR count). The second kappa shape index (κ2) is 4.91. The first-order valence-electron chi connectivity index (χ1n) is 8.07. The standard InChI is InChI=1S/C19H17NO3/c21-19-17-15-10-13-8-4-5-9-14(13)18(15)23-20(17)16(11-22-19)12-6-2-1-3-7-12/h1-9,15-18H,10-11H2/t15-,16-,17+,18-/m0/s1. The van der Waals surface area contributed by atoms with Crippen molar-refractivity contribution in [1.29, 1.82) is 0 Å². The Morgan fingerprint density at radius 1 is 1.00 bits per heavy atom. The van der Waals surface area contributed by atoms with E-state index in [1.54, 1.807) is 0 Å². The molecule has 0 amide bonds. The number of benzene rings is 2. The van der Waals surface area contributed by atoms with Crippen molar-refractivity contribution in [2.75, 3.05) is 6.61 Å². The Kier molecular flexibility index (Phi) is 2.84. The van der Waals surface area contributed by atoms with Crippen molar-refractivity contribution in [3.05, 3.63) is 71.3 Å². The Labute approximate surface area is 134 Å². The first-order chi connectivity index (χ1) is 11.3. The molecule has 23 heavy (non-hydrogen) atoms. The molecule has 4 atom stereocenters. The molecule has 0 radical (unpaired) electrons. The molecule has 0 saturated carbocycles. The SMILES string of the molecule is O=C1OC[C@@H](c2ccccc2)N2O[C@H]3c4ccccc4C[C@H]3[C@H]12. The summed E-state index contributed by atoms with van der Waals surface area (Å²) in [5.74, 6) is -0.0103. The van der Waals surface area contributed by atoms with Crippen LogP contribution in [-0.4, -0.2) is 23.7 Å². The summed E-state index contributed by atoms with van der Waals surface area (Å²) in [4.78, 5) is 18.7. The lowest BCUT2D eigenvalue weighted by Gasteiger charge is -2.36. The fourth-order valence-corrected chi connectivity index (χ4v) is 4.17. The van der Waals surface area contributed by atoms with Gasteiger partial charge in [-0.2, -0.15) is 5.06 Å². The van der Waals surface area contributed by atoms with Gasteiger partial charge >= 0.3 is 5.97 Å². The van der Waals surface area contributed by atoms with Crippen LogP contribution < -0.4 is 0 Å². The van der Waals surface area contributed by atoms with Gasteiger partial charge in [0.15, 0.2) is 0 Å². The zero-order valence-electron chi connectivity index (χ0n) is 12.6. The highest BCUT2D eigenvalue weighted by molar-refractivity contribution is 5.78. The molecule has 2 saturated heterocycles. The molecule has 2 aliphatic heterocycles. The third-order valence-electron chi connectivity index (χ3n) is 5.24. The molecule has 0 spiro atoms. The fraction of sp³-hybridized carbons (Fsp3) is 0.316. The number of esters is 1. The van der Waals surface area contributed by atoms with E-state index in [9.17, 15) is 4.79 Å². The van der Waals surface area contributed by atoms with Gasteiger partial charge in [0, 0.05) is 5.92 Å². The van der Waals surface area contributed by atoms with Crippen molar-refractivity contribution >= 4 is 5.97 Å². The van der Waals surface area contributed by atoms with E-state index in [4.69, 9.17) is 9.57 Å². The molecule has 2 fully saturated rings. The van der Waals surface area contributed by atoms with Crippen LogP contribution in [0.25, 0.3) is 0 Å². The molecule has 0 bridgehead atoms. The Morgan fingerprint density at radius 2 is 1.78 bits per heavy atom.